The third-order valence-corrected chi connectivity index (χ3v) is 6.09. The molecule has 0 radical (unpaired) electrons. The third-order valence-electron chi connectivity index (χ3n) is 3.61. The van der Waals surface area contributed by atoms with Crippen molar-refractivity contribution in [2.75, 3.05) is 24.6 Å². The van der Waals surface area contributed by atoms with Crippen LogP contribution in [0.25, 0.3) is 0 Å². The molecule has 0 aromatic heterocycles. The molecule has 1 saturated heterocycles. The molecule has 0 spiro atoms. The van der Waals surface area contributed by atoms with Crippen LogP contribution >= 0.6 is 47.2 Å². The summed E-state index contributed by atoms with van der Waals surface area (Å²) in [5.41, 5.74) is 0.874. The van der Waals surface area contributed by atoms with Gasteiger partial charge in [0.15, 0.2) is 15.8 Å². The first-order valence-corrected chi connectivity index (χ1v) is 10.2. The Bertz CT molecular complexity index is 663. The molecule has 1 fully saturated rings. The minimum absolute atomic E-state index is 0. The van der Waals surface area contributed by atoms with Crippen LogP contribution in [0.3, 0.4) is 0 Å². The van der Waals surface area contributed by atoms with Crippen molar-refractivity contribution >= 4 is 63.0 Å². The van der Waals surface area contributed by atoms with Gasteiger partial charge in [-0.3, -0.25) is 4.99 Å². The Hall–Kier alpha value is -0.250. The molecule has 0 bridgehead atoms. The molecule has 1 atom stereocenters. The molecule has 2 rings (SSSR count). The molecular formula is C15H22Cl2IN3O2S. The van der Waals surface area contributed by atoms with Crippen molar-refractivity contribution in [2.24, 2.45) is 4.99 Å². The summed E-state index contributed by atoms with van der Waals surface area (Å²) in [4.78, 5) is 4.48. The zero-order valence-corrected chi connectivity index (χ0v) is 18.0. The second-order valence-electron chi connectivity index (χ2n) is 5.46. The summed E-state index contributed by atoms with van der Waals surface area (Å²) in [7, 11) is -2.91. The molecule has 1 aliphatic heterocycles. The van der Waals surface area contributed by atoms with Gasteiger partial charge in [-0.25, -0.2) is 8.42 Å². The highest BCUT2D eigenvalue weighted by atomic mass is 127. The van der Waals surface area contributed by atoms with Crippen LogP contribution in [-0.4, -0.2) is 45.0 Å². The maximum atomic E-state index is 11.5. The summed E-state index contributed by atoms with van der Waals surface area (Å²) in [6.07, 6.45) is 1.24. The number of aliphatic imine (C=N–C) groups is 1. The molecule has 1 heterocycles. The fourth-order valence-electron chi connectivity index (χ4n) is 2.47. The van der Waals surface area contributed by atoms with Crippen molar-refractivity contribution in [1.82, 2.24) is 10.6 Å². The van der Waals surface area contributed by atoms with Gasteiger partial charge < -0.3 is 10.6 Å². The second-order valence-corrected chi connectivity index (χ2v) is 8.50. The van der Waals surface area contributed by atoms with Gasteiger partial charge in [-0.15, -0.1) is 24.0 Å². The maximum absolute atomic E-state index is 11.5. The lowest BCUT2D eigenvalue weighted by Gasteiger charge is -2.16. The highest BCUT2D eigenvalue weighted by Crippen LogP contribution is 2.24. The van der Waals surface area contributed by atoms with E-state index in [1.807, 2.05) is 13.0 Å². The molecule has 0 amide bonds. The predicted octanol–water partition coefficient (Wildman–Crippen LogP) is 2.90. The molecule has 2 N–H and O–H groups in total. The largest absolute Gasteiger partial charge is 0.357 e. The van der Waals surface area contributed by atoms with Gasteiger partial charge in [-0.05, 0) is 37.5 Å². The SMILES string of the molecule is CCNC(=NCCc1c(Cl)cccc1Cl)NC1CCS(=O)(=O)C1.I. The lowest BCUT2D eigenvalue weighted by molar-refractivity contribution is 0.599. The topological polar surface area (TPSA) is 70.6 Å². The van der Waals surface area contributed by atoms with E-state index >= 15 is 0 Å². The van der Waals surface area contributed by atoms with E-state index in [1.54, 1.807) is 12.1 Å². The van der Waals surface area contributed by atoms with Crippen LogP contribution in [-0.2, 0) is 16.3 Å². The number of halogens is 3. The van der Waals surface area contributed by atoms with Crippen molar-refractivity contribution in [3.05, 3.63) is 33.8 Å². The number of nitrogens with one attached hydrogen (secondary N) is 2. The fraction of sp³-hybridized carbons (Fsp3) is 0.533. The van der Waals surface area contributed by atoms with Crippen molar-refractivity contribution in [3.63, 3.8) is 0 Å². The van der Waals surface area contributed by atoms with E-state index in [0.717, 1.165) is 5.56 Å². The van der Waals surface area contributed by atoms with Crippen LogP contribution in [0.1, 0.15) is 18.9 Å². The van der Waals surface area contributed by atoms with Crippen molar-refractivity contribution < 1.29 is 8.42 Å². The molecule has 1 aliphatic rings. The van der Waals surface area contributed by atoms with Crippen molar-refractivity contribution in [1.29, 1.82) is 0 Å². The standard InChI is InChI=1S/C15H21Cl2N3O2S.HI/c1-2-18-15(20-11-7-9-23(21,22)10-11)19-8-6-12-13(16)4-3-5-14(12)17;/h3-5,11H,2,6-10H2,1H3,(H2,18,19,20);1H. The third kappa shape index (κ3) is 6.57. The van der Waals surface area contributed by atoms with Gasteiger partial charge in [0.25, 0.3) is 0 Å². The number of sulfone groups is 1. The van der Waals surface area contributed by atoms with Crippen LogP contribution in [0.5, 0.6) is 0 Å². The average Bonchev–Trinajstić information content (AvgIpc) is 2.81. The summed E-state index contributed by atoms with van der Waals surface area (Å²) in [6.45, 7) is 3.18. The van der Waals surface area contributed by atoms with Crippen LogP contribution in [0.2, 0.25) is 10.0 Å². The molecule has 136 valence electrons. The number of benzene rings is 1. The average molecular weight is 506 g/mol. The quantitative estimate of drug-likeness (QED) is 0.366. The zero-order valence-electron chi connectivity index (χ0n) is 13.4. The lowest BCUT2D eigenvalue weighted by atomic mass is 10.1. The van der Waals surface area contributed by atoms with Crippen LogP contribution in [0.4, 0.5) is 0 Å². The van der Waals surface area contributed by atoms with E-state index in [0.29, 0.717) is 41.9 Å². The minimum atomic E-state index is -2.91. The lowest BCUT2D eigenvalue weighted by Crippen LogP contribution is -2.44. The van der Waals surface area contributed by atoms with Crippen LogP contribution in [0.15, 0.2) is 23.2 Å². The molecule has 1 aromatic rings. The maximum Gasteiger partial charge on any atom is 0.191 e. The van der Waals surface area contributed by atoms with E-state index in [1.165, 1.54) is 0 Å². The molecule has 24 heavy (non-hydrogen) atoms. The van der Waals surface area contributed by atoms with E-state index in [4.69, 9.17) is 23.2 Å². The molecule has 0 saturated carbocycles. The Morgan fingerprint density at radius 2 is 2.00 bits per heavy atom. The molecular weight excluding hydrogens is 484 g/mol. The Morgan fingerprint density at radius 1 is 1.33 bits per heavy atom. The fourth-order valence-corrected chi connectivity index (χ4v) is 4.73. The second kappa shape index (κ2) is 10.0. The molecule has 0 aliphatic carbocycles. The van der Waals surface area contributed by atoms with E-state index in [2.05, 4.69) is 15.6 Å². The van der Waals surface area contributed by atoms with Gasteiger partial charge in [-0.2, -0.15) is 0 Å². The van der Waals surface area contributed by atoms with E-state index in [9.17, 15) is 8.42 Å². The summed E-state index contributed by atoms with van der Waals surface area (Å²) in [5.74, 6) is 1.02. The first-order chi connectivity index (χ1) is 10.9. The predicted molar refractivity (Wildman–Crippen MR) is 112 cm³/mol. The molecule has 5 nitrogen and oxygen atoms in total. The Kier molecular flexibility index (Phi) is 9.11. The highest BCUT2D eigenvalue weighted by Gasteiger charge is 2.28. The molecule has 1 aromatic carbocycles. The molecule has 9 heteroatoms. The monoisotopic (exact) mass is 505 g/mol. The Morgan fingerprint density at radius 3 is 2.54 bits per heavy atom. The number of nitrogens with zero attached hydrogens (tertiary/aromatic N) is 1. The first-order valence-electron chi connectivity index (χ1n) is 7.59. The van der Waals surface area contributed by atoms with Gasteiger partial charge in [0, 0.05) is 29.2 Å². The summed E-state index contributed by atoms with van der Waals surface area (Å²) < 4.78 is 23.0. The normalized spacial score (nSPS) is 19.6. The summed E-state index contributed by atoms with van der Waals surface area (Å²) >= 11 is 12.3. The number of rotatable bonds is 5. The van der Waals surface area contributed by atoms with Crippen LogP contribution in [0, 0.1) is 0 Å². The number of hydrogen-bond acceptors (Lipinski definition) is 3. The zero-order chi connectivity index (χ0) is 16.9. The minimum Gasteiger partial charge on any atom is -0.357 e. The summed E-state index contributed by atoms with van der Waals surface area (Å²) in [5, 5.41) is 7.58. The van der Waals surface area contributed by atoms with Crippen molar-refractivity contribution in [2.45, 2.75) is 25.8 Å². The van der Waals surface area contributed by atoms with E-state index in [-0.39, 0.29) is 41.5 Å². The highest BCUT2D eigenvalue weighted by molar-refractivity contribution is 14.0. The molecule has 1 unspecified atom stereocenters. The smallest absolute Gasteiger partial charge is 0.191 e. The van der Waals surface area contributed by atoms with E-state index < -0.39 is 9.84 Å². The number of guanidine groups is 1. The van der Waals surface area contributed by atoms with Crippen LogP contribution < -0.4 is 10.6 Å². The Balaban J connectivity index is 0.00000288. The number of hydrogen-bond donors (Lipinski definition) is 2. The van der Waals surface area contributed by atoms with Gasteiger partial charge in [0.1, 0.15) is 0 Å². The Labute approximate surface area is 170 Å². The van der Waals surface area contributed by atoms with Gasteiger partial charge in [0.05, 0.1) is 11.5 Å². The van der Waals surface area contributed by atoms with Crippen molar-refractivity contribution in [3.8, 4) is 0 Å². The first kappa shape index (κ1) is 21.8. The van der Waals surface area contributed by atoms with Gasteiger partial charge in [0.2, 0.25) is 0 Å². The van der Waals surface area contributed by atoms with Gasteiger partial charge >= 0.3 is 0 Å². The summed E-state index contributed by atoms with van der Waals surface area (Å²) in [6, 6.07) is 5.34. The van der Waals surface area contributed by atoms with Gasteiger partial charge in [-0.1, -0.05) is 29.3 Å².